The Morgan fingerprint density at radius 3 is 2.59 bits per heavy atom. The molecular formula is C16H20N2O3S. The van der Waals surface area contributed by atoms with Crippen LogP contribution < -0.4 is 15.4 Å². The van der Waals surface area contributed by atoms with Gasteiger partial charge >= 0.3 is 6.03 Å². The van der Waals surface area contributed by atoms with Crippen LogP contribution in [0.2, 0.25) is 0 Å². The second kappa shape index (κ2) is 7.82. The molecule has 0 saturated heterocycles. The molecule has 1 heterocycles. The Kier molecular flexibility index (Phi) is 5.80. The van der Waals surface area contributed by atoms with Gasteiger partial charge in [-0.3, -0.25) is 0 Å². The molecule has 1 atom stereocenters. The van der Waals surface area contributed by atoms with Crippen molar-refractivity contribution in [1.29, 1.82) is 0 Å². The number of rotatable bonds is 6. The van der Waals surface area contributed by atoms with Crippen molar-refractivity contribution < 1.29 is 14.6 Å². The van der Waals surface area contributed by atoms with Crippen molar-refractivity contribution in [1.82, 2.24) is 10.6 Å². The SMILES string of the molecule is COc1ccc(CNC(=O)NCC(O)c2sccc2C)cc1. The molecule has 6 heteroatoms. The fraction of sp³-hybridized carbons (Fsp3) is 0.312. The van der Waals surface area contributed by atoms with Gasteiger partial charge in [-0.25, -0.2) is 4.79 Å². The number of aryl methyl sites for hydroxylation is 1. The van der Waals surface area contributed by atoms with E-state index in [0.717, 1.165) is 21.8 Å². The maximum atomic E-state index is 11.7. The minimum atomic E-state index is -0.674. The molecule has 2 rings (SSSR count). The van der Waals surface area contributed by atoms with Gasteiger partial charge in [-0.15, -0.1) is 11.3 Å². The van der Waals surface area contributed by atoms with Crippen LogP contribution in [0.4, 0.5) is 4.79 Å². The summed E-state index contributed by atoms with van der Waals surface area (Å²) < 4.78 is 5.08. The zero-order chi connectivity index (χ0) is 15.9. The third-order valence-electron chi connectivity index (χ3n) is 3.27. The van der Waals surface area contributed by atoms with Crippen LogP contribution in [0.25, 0.3) is 0 Å². The highest BCUT2D eigenvalue weighted by atomic mass is 32.1. The van der Waals surface area contributed by atoms with Crippen LogP contribution in [0.5, 0.6) is 5.75 Å². The van der Waals surface area contributed by atoms with Crippen molar-refractivity contribution in [3.05, 3.63) is 51.7 Å². The van der Waals surface area contributed by atoms with Gasteiger partial charge in [0.15, 0.2) is 0 Å². The lowest BCUT2D eigenvalue weighted by molar-refractivity contribution is 0.176. The molecule has 0 fully saturated rings. The predicted octanol–water partition coefficient (Wildman–Crippen LogP) is 2.60. The molecule has 0 aliphatic carbocycles. The number of urea groups is 1. The highest BCUT2D eigenvalue weighted by Crippen LogP contribution is 2.23. The topological polar surface area (TPSA) is 70.6 Å². The minimum Gasteiger partial charge on any atom is -0.497 e. The molecule has 1 unspecified atom stereocenters. The largest absolute Gasteiger partial charge is 0.497 e. The molecule has 3 N–H and O–H groups in total. The van der Waals surface area contributed by atoms with Crippen LogP contribution in [0, 0.1) is 6.92 Å². The molecule has 2 aromatic rings. The van der Waals surface area contributed by atoms with E-state index in [1.165, 1.54) is 11.3 Å². The Morgan fingerprint density at radius 1 is 1.27 bits per heavy atom. The van der Waals surface area contributed by atoms with Crippen molar-refractivity contribution in [2.24, 2.45) is 0 Å². The van der Waals surface area contributed by atoms with E-state index >= 15 is 0 Å². The average molecular weight is 320 g/mol. The van der Waals surface area contributed by atoms with E-state index in [9.17, 15) is 9.90 Å². The molecule has 0 radical (unpaired) electrons. The van der Waals surface area contributed by atoms with E-state index in [4.69, 9.17) is 4.74 Å². The average Bonchev–Trinajstić information content (AvgIpc) is 2.97. The number of ether oxygens (including phenoxy) is 1. The Labute approximate surface area is 133 Å². The predicted molar refractivity (Wildman–Crippen MR) is 87.2 cm³/mol. The number of amides is 2. The van der Waals surface area contributed by atoms with E-state index in [2.05, 4.69) is 10.6 Å². The molecule has 1 aromatic carbocycles. The Bertz CT molecular complexity index is 610. The van der Waals surface area contributed by atoms with Crippen LogP contribution >= 0.6 is 11.3 Å². The van der Waals surface area contributed by atoms with Gasteiger partial charge in [0.05, 0.1) is 13.7 Å². The van der Waals surface area contributed by atoms with E-state index in [0.29, 0.717) is 6.54 Å². The quantitative estimate of drug-likeness (QED) is 0.766. The van der Waals surface area contributed by atoms with Crippen LogP contribution in [-0.2, 0) is 6.54 Å². The van der Waals surface area contributed by atoms with Crippen molar-refractivity contribution in [3.63, 3.8) is 0 Å². The van der Waals surface area contributed by atoms with Gasteiger partial charge in [-0.2, -0.15) is 0 Å². The first-order chi connectivity index (χ1) is 10.6. The highest BCUT2D eigenvalue weighted by Gasteiger charge is 2.12. The first-order valence-electron chi connectivity index (χ1n) is 6.97. The molecule has 1 aromatic heterocycles. The molecule has 0 spiro atoms. The fourth-order valence-electron chi connectivity index (χ4n) is 2.00. The monoisotopic (exact) mass is 320 g/mol. The zero-order valence-electron chi connectivity index (χ0n) is 12.6. The van der Waals surface area contributed by atoms with Crippen LogP contribution in [0.1, 0.15) is 22.1 Å². The molecule has 2 amide bonds. The van der Waals surface area contributed by atoms with Gasteiger partial charge in [0.1, 0.15) is 11.9 Å². The van der Waals surface area contributed by atoms with Crippen molar-refractivity contribution in [2.45, 2.75) is 19.6 Å². The summed E-state index contributed by atoms with van der Waals surface area (Å²) in [4.78, 5) is 12.6. The van der Waals surface area contributed by atoms with Gasteiger partial charge < -0.3 is 20.5 Å². The lowest BCUT2D eigenvalue weighted by Crippen LogP contribution is -2.37. The van der Waals surface area contributed by atoms with E-state index < -0.39 is 6.10 Å². The summed E-state index contributed by atoms with van der Waals surface area (Å²) in [6, 6.07) is 9.12. The number of aliphatic hydroxyl groups is 1. The zero-order valence-corrected chi connectivity index (χ0v) is 13.4. The maximum absolute atomic E-state index is 11.7. The number of carbonyl (C=O) groups excluding carboxylic acids is 1. The molecule has 0 aliphatic heterocycles. The summed E-state index contributed by atoms with van der Waals surface area (Å²) in [5.74, 6) is 0.780. The van der Waals surface area contributed by atoms with Gasteiger partial charge in [0.2, 0.25) is 0 Å². The van der Waals surface area contributed by atoms with Crippen LogP contribution in [0.3, 0.4) is 0 Å². The normalized spacial score (nSPS) is 11.8. The molecule has 22 heavy (non-hydrogen) atoms. The van der Waals surface area contributed by atoms with Crippen molar-refractivity contribution in [3.8, 4) is 5.75 Å². The van der Waals surface area contributed by atoms with Crippen LogP contribution in [-0.4, -0.2) is 24.8 Å². The van der Waals surface area contributed by atoms with Crippen molar-refractivity contribution in [2.75, 3.05) is 13.7 Å². The molecule has 0 bridgehead atoms. The first kappa shape index (κ1) is 16.3. The van der Waals surface area contributed by atoms with Crippen LogP contribution in [0.15, 0.2) is 35.7 Å². The number of methoxy groups -OCH3 is 1. The molecule has 0 saturated carbocycles. The minimum absolute atomic E-state index is 0.190. The van der Waals surface area contributed by atoms with E-state index in [1.807, 2.05) is 42.6 Å². The van der Waals surface area contributed by atoms with E-state index in [-0.39, 0.29) is 12.6 Å². The summed E-state index contributed by atoms with van der Waals surface area (Å²) in [6.07, 6.45) is -0.674. The third kappa shape index (κ3) is 4.47. The highest BCUT2D eigenvalue weighted by molar-refractivity contribution is 7.10. The van der Waals surface area contributed by atoms with Crippen molar-refractivity contribution >= 4 is 17.4 Å². The fourth-order valence-corrected chi connectivity index (χ4v) is 2.91. The lowest BCUT2D eigenvalue weighted by Gasteiger charge is -2.12. The second-order valence-corrected chi connectivity index (χ2v) is 5.84. The maximum Gasteiger partial charge on any atom is 0.315 e. The number of carbonyl (C=O) groups is 1. The summed E-state index contributed by atoms with van der Waals surface area (Å²) >= 11 is 1.49. The smallest absolute Gasteiger partial charge is 0.315 e. The molecule has 0 aliphatic rings. The van der Waals surface area contributed by atoms with Gasteiger partial charge in [0, 0.05) is 11.4 Å². The molecule has 5 nitrogen and oxygen atoms in total. The molecular weight excluding hydrogens is 300 g/mol. The Hall–Kier alpha value is -2.05. The second-order valence-electron chi connectivity index (χ2n) is 4.90. The summed E-state index contributed by atoms with van der Waals surface area (Å²) in [6.45, 7) is 2.55. The lowest BCUT2D eigenvalue weighted by atomic mass is 10.2. The standard InChI is InChI=1S/C16H20N2O3S/c1-11-7-8-22-15(11)14(19)10-18-16(20)17-9-12-3-5-13(21-2)6-4-12/h3-8,14,19H,9-10H2,1-2H3,(H2,17,18,20). The molecule has 118 valence electrons. The Balaban J connectivity index is 1.74. The van der Waals surface area contributed by atoms with Gasteiger partial charge in [-0.05, 0) is 41.6 Å². The number of hydrogen-bond donors (Lipinski definition) is 3. The number of thiophene rings is 1. The van der Waals surface area contributed by atoms with Gasteiger partial charge in [-0.1, -0.05) is 12.1 Å². The Morgan fingerprint density at radius 2 is 2.00 bits per heavy atom. The third-order valence-corrected chi connectivity index (χ3v) is 4.39. The number of benzene rings is 1. The van der Waals surface area contributed by atoms with E-state index in [1.54, 1.807) is 7.11 Å². The summed E-state index contributed by atoms with van der Waals surface area (Å²) in [5, 5.41) is 17.4. The number of nitrogens with one attached hydrogen (secondary N) is 2. The summed E-state index contributed by atoms with van der Waals surface area (Å²) in [5.41, 5.74) is 2.02. The number of hydrogen-bond acceptors (Lipinski definition) is 4. The number of aliphatic hydroxyl groups excluding tert-OH is 1. The first-order valence-corrected chi connectivity index (χ1v) is 7.85. The van der Waals surface area contributed by atoms with Gasteiger partial charge in [0.25, 0.3) is 0 Å². The summed E-state index contributed by atoms with van der Waals surface area (Å²) in [7, 11) is 1.61.